The minimum atomic E-state index is -0.319. The Morgan fingerprint density at radius 3 is 2.84 bits per heavy atom. The van der Waals surface area contributed by atoms with Gasteiger partial charge in [-0.2, -0.15) is 0 Å². The van der Waals surface area contributed by atoms with Gasteiger partial charge in [-0.3, -0.25) is 9.78 Å². The van der Waals surface area contributed by atoms with Crippen molar-refractivity contribution in [3.63, 3.8) is 0 Å². The second kappa shape index (κ2) is 4.37. The molecule has 1 N–H and O–H groups in total. The molecule has 1 aromatic heterocycles. The lowest BCUT2D eigenvalue weighted by atomic mass is 10.0. The Morgan fingerprint density at radius 1 is 1.47 bits per heavy atom. The van der Waals surface area contributed by atoms with Crippen LogP contribution in [-0.2, 0) is 9.67 Å². The zero-order valence-corrected chi connectivity index (χ0v) is 12.0. The number of hydrogen-bond donors (Lipinski definition) is 1. The van der Waals surface area contributed by atoms with Crippen LogP contribution in [0.2, 0.25) is 0 Å². The maximum absolute atomic E-state index is 11.9. The number of hydrogen-bond acceptors (Lipinski definition) is 3. The van der Waals surface area contributed by atoms with Crippen LogP contribution in [0.3, 0.4) is 0 Å². The Bertz CT molecular complexity index is 525. The lowest BCUT2D eigenvalue weighted by Crippen LogP contribution is -2.43. The fourth-order valence-corrected chi connectivity index (χ4v) is 3.34. The summed E-state index contributed by atoms with van der Waals surface area (Å²) in [5.74, 6) is 0.0588. The van der Waals surface area contributed by atoms with Crippen LogP contribution < -0.4 is 10.2 Å². The molecule has 1 aromatic rings. The van der Waals surface area contributed by atoms with Crippen LogP contribution in [0, 0.1) is 0 Å². The van der Waals surface area contributed by atoms with E-state index in [1.54, 1.807) is 18.1 Å². The van der Waals surface area contributed by atoms with Crippen molar-refractivity contribution in [2.75, 3.05) is 17.3 Å². The van der Waals surface area contributed by atoms with Gasteiger partial charge in [0.1, 0.15) is 6.04 Å². The van der Waals surface area contributed by atoms with E-state index in [-0.39, 0.29) is 16.8 Å². The normalized spacial score (nSPS) is 25.1. The van der Waals surface area contributed by atoms with Crippen molar-refractivity contribution in [2.24, 2.45) is 0 Å². The maximum atomic E-state index is 11.9. The summed E-state index contributed by atoms with van der Waals surface area (Å²) in [6.45, 7) is 1.87. The Hall–Kier alpha value is -1.29. The first kappa shape index (κ1) is 12.7. The highest BCUT2D eigenvalue weighted by atomic mass is 35.5. The number of nitrogens with zero attached hydrogens (tertiary/aromatic N) is 2. The summed E-state index contributed by atoms with van der Waals surface area (Å²) in [4.78, 5) is 17.7. The second-order valence-corrected chi connectivity index (χ2v) is 6.25. The van der Waals surface area contributed by atoms with Gasteiger partial charge < -0.3 is 10.2 Å². The van der Waals surface area contributed by atoms with Gasteiger partial charge in [-0.15, -0.1) is 11.6 Å². The number of rotatable bonds is 1. The Kier molecular flexibility index (Phi) is 2.93. The molecule has 2 heterocycles. The number of aromatic nitrogens is 1. The molecule has 0 aromatic carbocycles. The first-order chi connectivity index (χ1) is 9.01. The summed E-state index contributed by atoms with van der Waals surface area (Å²) in [7, 11) is 1.78. The van der Waals surface area contributed by atoms with E-state index in [2.05, 4.69) is 10.3 Å². The molecule has 1 aliphatic carbocycles. The average Bonchev–Trinajstić information content (AvgIpc) is 2.84. The molecule has 0 bridgehead atoms. The van der Waals surface area contributed by atoms with Crippen LogP contribution in [-0.4, -0.2) is 24.0 Å². The van der Waals surface area contributed by atoms with Crippen LogP contribution >= 0.6 is 11.6 Å². The molecule has 4 nitrogen and oxygen atoms in total. The second-order valence-electron chi connectivity index (χ2n) is 5.52. The van der Waals surface area contributed by atoms with E-state index < -0.39 is 0 Å². The molecular formula is C14H18ClN3O. The number of amides is 1. The van der Waals surface area contributed by atoms with Gasteiger partial charge in [-0.25, -0.2) is 0 Å². The Morgan fingerprint density at radius 2 is 2.16 bits per heavy atom. The SMILES string of the molecule is C[C@@H]1Nc2cc(C3(Cl)CCCC3)ncc2N(C)C1=O. The highest BCUT2D eigenvalue weighted by molar-refractivity contribution is 6.24. The molecular weight excluding hydrogens is 262 g/mol. The molecule has 19 heavy (non-hydrogen) atoms. The van der Waals surface area contributed by atoms with Gasteiger partial charge in [-0.1, -0.05) is 12.8 Å². The molecule has 102 valence electrons. The number of carbonyl (C=O) groups excluding carboxylic acids is 1. The van der Waals surface area contributed by atoms with Crippen LogP contribution in [0.25, 0.3) is 0 Å². The summed E-state index contributed by atoms with van der Waals surface area (Å²) in [5, 5.41) is 3.23. The molecule has 1 fully saturated rings. The van der Waals surface area contributed by atoms with Gasteiger partial charge in [0.25, 0.3) is 0 Å². The van der Waals surface area contributed by atoms with Crippen LogP contribution in [0.5, 0.6) is 0 Å². The van der Waals surface area contributed by atoms with E-state index in [0.717, 1.165) is 42.8 Å². The van der Waals surface area contributed by atoms with Gasteiger partial charge in [0.2, 0.25) is 5.91 Å². The third kappa shape index (κ3) is 1.98. The van der Waals surface area contributed by atoms with E-state index in [1.807, 2.05) is 13.0 Å². The monoisotopic (exact) mass is 279 g/mol. The van der Waals surface area contributed by atoms with Crippen molar-refractivity contribution in [1.29, 1.82) is 0 Å². The summed E-state index contributed by atoms with van der Waals surface area (Å²) in [6.07, 6.45) is 6.02. The van der Waals surface area contributed by atoms with Crippen molar-refractivity contribution >= 4 is 28.9 Å². The fourth-order valence-electron chi connectivity index (χ4n) is 2.97. The highest BCUT2D eigenvalue weighted by Crippen LogP contribution is 2.45. The largest absolute Gasteiger partial charge is 0.372 e. The molecule has 1 amide bonds. The molecule has 0 radical (unpaired) electrons. The summed E-state index contributed by atoms with van der Waals surface area (Å²) in [5.41, 5.74) is 2.70. The number of alkyl halides is 1. The van der Waals surface area contributed by atoms with Crippen molar-refractivity contribution in [3.8, 4) is 0 Å². The molecule has 1 atom stereocenters. The van der Waals surface area contributed by atoms with Gasteiger partial charge >= 0.3 is 0 Å². The topological polar surface area (TPSA) is 45.2 Å². The predicted octanol–water partition coefficient (Wildman–Crippen LogP) is 2.87. The van der Waals surface area contributed by atoms with E-state index in [0.29, 0.717) is 0 Å². The molecule has 1 aliphatic heterocycles. The first-order valence-corrected chi connectivity index (χ1v) is 7.13. The number of likely N-dealkylation sites (N-methyl/N-ethyl adjacent to an activating group) is 1. The predicted molar refractivity (Wildman–Crippen MR) is 76.7 cm³/mol. The number of halogens is 1. The van der Waals surface area contributed by atoms with E-state index in [1.165, 1.54) is 0 Å². The van der Waals surface area contributed by atoms with Crippen molar-refractivity contribution in [1.82, 2.24) is 4.98 Å². The zero-order chi connectivity index (χ0) is 13.6. The quantitative estimate of drug-likeness (QED) is 0.804. The van der Waals surface area contributed by atoms with Gasteiger partial charge in [0.15, 0.2) is 0 Å². The number of carbonyl (C=O) groups is 1. The van der Waals surface area contributed by atoms with Crippen LogP contribution in [0.15, 0.2) is 12.3 Å². The van der Waals surface area contributed by atoms with Crippen LogP contribution in [0.4, 0.5) is 11.4 Å². The first-order valence-electron chi connectivity index (χ1n) is 6.75. The van der Waals surface area contributed by atoms with Gasteiger partial charge in [0.05, 0.1) is 28.1 Å². The molecule has 1 saturated carbocycles. The number of pyridine rings is 1. The lowest BCUT2D eigenvalue weighted by molar-refractivity contribution is -0.118. The van der Waals surface area contributed by atoms with Gasteiger partial charge in [0, 0.05) is 7.05 Å². The Labute approximate surface area is 118 Å². The fraction of sp³-hybridized carbons (Fsp3) is 0.571. The van der Waals surface area contributed by atoms with Crippen molar-refractivity contribution in [2.45, 2.75) is 43.5 Å². The number of nitrogens with one attached hydrogen (secondary N) is 1. The van der Waals surface area contributed by atoms with Gasteiger partial charge in [-0.05, 0) is 25.8 Å². The number of anilines is 2. The van der Waals surface area contributed by atoms with E-state index in [4.69, 9.17) is 11.6 Å². The molecule has 5 heteroatoms. The maximum Gasteiger partial charge on any atom is 0.249 e. The Balaban J connectivity index is 2.00. The van der Waals surface area contributed by atoms with Crippen LogP contribution in [0.1, 0.15) is 38.3 Å². The molecule has 2 aliphatic rings. The molecule has 3 rings (SSSR count). The average molecular weight is 280 g/mol. The lowest BCUT2D eigenvalue weighted by Gasteiger charge is -2.32. The standard InChI is InChI=1S/C14H18ClN3O/c1-9-13(19)18(2)11-8-16-12(7-10(11)17-9)14(15)5-3-4-6-14/h7-9,17H,3-6H2,1-2H3/t9-/m0/s1. The van der Waals surface area contributed by atoms with Crippen molar-refractivity contribution in [3.05, 3.63) is 18.0 Å². The molecule has 0 unspecified atom stereocenters. The van der Waals surface area contributed by atoms with E-state index >= 15 is 0 Å². The minimum Gasteiger partial charge on any atom is -0.372 e. The number of fused-ring (bicyclic) bond motifs is 1. The third-order valence-electron chi connectivity index (χ3n) is 4.17. The molecule has 0 saturated heterocycles. The summed E-state index contributed by atoms with van der Waals surface area (Å²) in [6, 6.07) is 1.80. The highest BCUT2D eigenvalue weighted by Gasteiger charge is 2.36. The molecule has 0 spiro atoms. The third-order valence-corrected chi connectivity index (χ3v) is 4.74. The minimum absolute atomic E-state index is 0.0588. The van der Waals surface area contributed by atoms with E-state index in [9.17, 15) is 4.79 Å². The zero-order valence-electron chi connectivity index (χ0n) is 11.2. The summed E-state index contributed by atoms with van der Waals surface area (Å²) < 4.78 is 0. The van der Waals surface area contributed by atoms with Crippen molar-refractivity contribution < 1.29 is 4.79 Å². The summed E-state index contributed by atoms with van der Waals surface area (Å²) >= 11 is 6.67. The smallest absolute Gasteiger partial charge is 0.249 e.